The van der Waals surface area contributed by atoms with Gasteiger partial charge in [0.25, 0.3) is 0 Å². The van der Waals surface area contributed by atoms with Crippen molar-refractivity contribution in [3.05, 3.63) is 0 Å². The number of nitrogens with one attached hydrogen (secondary N) is 1. The first-order valence-electron chi connectivity index (χ1n) is 7.72. The fourth-order valence-corrected chi connectivity index (χ4v) is 3.79. The van der Waals surface area contributed by atoms with E-state index in [1.165, 1.54) is 0 Å². The lowest BCUT2D eigenvalue weighted by Crippen LogP contribution is -2.53. The van der Waals surface area contributed by atoms with Crippen molar-refractivity contribution in [2.75, 3.05) is 27.3 Å². The zero-order chi connectivity index (χ0) is 15.6. The first kappa shape index (κ1) is 16.7. The van der Waals surface area contributed by atoms with Crippen LogP contribution in [0.4, 0.5) is 0 Å². The zero-order valence-electron chi connectivity index (χ0n) is 13.5. The number of hydrogen-bond donors (Lipinski definition) is 2. The summed E-state index contributed by atoms with van der Waals surface area (Å²) in [5, 5.41) is 12.9. The summed E-state index contributed by atoms with van der Waals surface area (Å²) >= 11 is 0. The lowest BCUT2D eigenvalue weighted by molar-refractivity contribution is -0.145. The molecule has 1 aliphatic heterocycles. The molecule has 4 atom stereocenters. The Bertz CT molecular complexity index is 365. The molecule has 1 heterocycles. The van der Waals surface area contributed by atoms with Gasteiger partial charge in [-0.1, -0.05) is 0 Å². The van der Waals surface area contributed by atoms with Crippen LogP contribution in [0.1, 0.15) is 33.1 Å². The van der Waals surface area contributed by atoms with Crippen molar-refractivity contribution in [2.24, 2.45) is 0 Å². The molecule has 2 fully saturated rings. The molecular formula is C15H28N2O4. The molecule has 6 heteroatoms. The molecule has 1 aliphatic carbocycles. The number of carbonyl (C=O) groups is 1. The Morgan fingerprint density at radius 1 is 1.29 bits per heavy atom. The maximum absolute atomic E-state index is 11.7. The fourth-order valence-electron chi connectivity index (χ4n) is 3.79. The molecule has 2 N–H and O–H groups in total. The van der Waals surface area contributed by atoms with Crippen LogP contribution in [0.5, 0.6) is 0 Å². The number of nitrogens with zero attached hydrogens (tertiary/aromatic N) is 1. The summed E-state index contributed by atoms with van der Waals surface area (Å²) < 4.78 is 10.9. The summed E-state index contributed by atoms with van der Waals surface area (Å²) in [6.45, 7) is 5.62. The Morgan fingerprint density at radius 3 is 2.29 bits per heavy atom. The Hall–Kier alpha value is -0.690. The number of likely N-dealkylation sites (tertiary alicyclic amines) is 1. The Morgan fingerprint density at radius 2 is 1.86 bits per heavy atom. The van der Waals surface area contributed by atoms with Crippen LogP contribution < -0.4 is 5.32 Å². The third kappa shape index (κ3) is 3.39. The molecule has 0 bridgehead atoms. The molecule has 4 unspecified atom stereocenters. The first-order chi connectivity index (χ1) is 9.91. The average Bonchev–Trinajstić information content (AvgIpc) is 3.01. The number of methoxy groups -OCH3 is 2. The molecule has 1 saturated heterocycles. The second-order valence-electron chi connectivity index (χ2n) is 6.59. The van der Waals surface area contributed by atoms with Crippen molar-refractivity contribution in [1.29, 1.82) is 0 Å². The highest BCUT2D eigenvalue weighted by Crippen LogP contribution is 2.36. The third-order valence-corrected chi connectivity index (χ3v) is 4.83. The zero-order valence-corrected chi connectivity index (χ0v) is 13.5. The predicted octanol–water partition coefficient (Wildman–Crippen LogP) is 0.706. The van der Waals surface area contributed by atoms with Gasteiger partial charge in [-0.25, -0.2) is 0 Å². The van der Waals surface area contributed by atoms with E-state index in [9.17, 15) is 9.90 Å². The van der Waals surface area contributed by atoms with Gasteiger partial charge in [-0.3, -0.25) is 15.0 Å². The SMILES string of the molecule is COC1CN(C2CCC(NC(C)C)(C(=O)O)C2)CC1OC. The van der Waals surface area contributed by atoms with Crippen molar-refractivity contribution >= 4 is 5.97 Å². The molecule has 1 saturated carbocycles. The normalized spacial score (nSPS) is 37.5. The molecule has 2 rings (SSSR count). The highest BCUT2D eigenvalue weighted by Gasteiger charge is 2.49. The van der Waals surface area contributed by atoms with Gasteiger partial charge in [0.05, 0.1) is 12.2 Å². The summed E-state index contributed by atoms with van der Waals surface area (Å²) in [5.74, 6) is -0.732. The topological polar surface area (TPSA) is 71.0 Å². The minimum Gasteiger partial charge on any atom is -0.480 e. The molecule has 2 aliphatic rings. The van der Waals surface area contributed by atoms with Crippen LogP contribution in [0, 0.1) is 0 Å². The van der Waals surface area contributed by atoms with Gasteiger partial charge in [0.1, 0.15) is 5.54 Å². The van der Waals surface area contributed by atoms with Gasteiger partial charge in [0.2, 0.25) is 0 Å². The third-order valence-electron chi connectivity index (χ3n) is 4.83. The highest BCUT2D eigenvalue weighted by atomic mass is 16.5. The number of hydrogen-bond acceptors (Lipinski definition) is 5. The van der Waals surface area contributed by atoms with E-state index in [0.717, 1.165) is 19.5 Å². The molecule has 0 radical (unpaired) electrons. The van der Waals surface area contributed by atoms with Gasteiger partial charge >= 0.3 is 5.97 Å². The maximum Gasteiger partial charge on any atom is 0.323 e. The summed E-state index contributed by atoms with van der Waals surface area (Å²) in [7, 11) is 3.41. The Balaban J connectivity index is 2.03. The quantitative estimate of drug-likeness (QED) is 0.753. The van der Waals surface area contributed by atoms with Gasteiger partial charge < -0.3 is 14.6 Å². The molecule has 0 amide bonds. The van der Waals surface area contributed by atoms with E-state index in [1.54, 1.807) is 14.2 Å². The number of carboxylic acid groups (broad SMARTS) is 1. The van der Waals surface area contributed by atoms with E-state index in [-0.39, 0.29) is 24.3 Å². The molecule has 0 aromatic rings. The van der Waals surface area contributed by atoms with Gasteiger partial charge in [0, 0.05) is 39.4 Å². The van der Waals surface area contributed by atoms with Gasteiger partial charge in [-0.2, -0.15) is 0 Å². The average molecular weight is 300 g/mol. The van der Waals surface area contributed by atoms with Gasteiger partial charge in [0.15, 0.2) is 0 Å². The smallest absolute Gasteiger partial charge is 0.323 e. The van der Waals surface area contributed by atoms with Crippen LogP contribution in [0.2, 0.25) is 0 Å². The van der Waals surface area contributed by atoms with Crippen LogP contribution in [-0.2, 0) is 14.3 Å². The van der Waals surface area contributed by atoms with E-state index < -0.39 is 11.5 Å². The van der Waals surface area contributed by atoms with Gasteiger partial charge in [-0.05, 0) is 33.1 Å². The summed E-state index contributed by atoms with van der Waals surface area (Å²) in [4.78, 5) is 14.1. The van der Waals surface area contributed by atoms with Crippen LogP contribution in [0.25, 0.3) is 0 Å². The summed E-state index contributed by atoms with van der Waals surface area (Å²) in [5.41, 5.74) is -0.785. The van der Waals surface area contributed by atoms with Gasteiger partial charge in [-0.15, -0.1) is 0 Å². The standard InChI is InChI=1S/C15H28N2O4/c1-10(2)16-15(14(18)19)6-5-11(7-15)17-8-12(20-3)13(9-17)21-4/h10-13,16H,5-9H2,1-4H3,(H,18,19). The molecule has 0 aromatic heterocycles. The molecule has 21 heavy (non-hydrogen) atoms. The van der Waals surface area contributed by atoms with Crippen molar-refractivity contribution in [2.45, 2.75) is 62.9 Å². The first-order valence-corrected chi connectivity index (χ1v) is 7.72. The molecule has 122 valence electrons. The van der Waals surface area contributed by atoms with E-state index in [1.807, 2.05) is 13.8 Å². The van der Waals surface area contributed by atoms with Crippen LogP contribution in [-0.4, -0.2) is 73.1 Å². The monoisotopic (exact) mass is 300 g/mol. The van der Waals surface area contributed by atoms with Crippen LogP contribution >= 0.6 is 0 Å². The van der Waals surface area contributed by atoms with E-state index >= 15 is 0 Å². The maximum atomic E-state index is 11.7. The minimum atomic E-state index is -0.785. The van der Waals surface area contributed by atoms with Crippen molar-refractivity contribution in [3.63, 3.8) is 0 Å². The van der Waals surface area contributed by atoms with E-state index in [0.29, 0.717) is 12.8 Å². The largest absolute Gasteiger partial charge is 0.480 e. The van der Waals surface area contributed by atoms with Crippen molar-refractivity contribution < 1.29 is 19.4 Å². The van der Waals surface area contributed by atoms with Crippen molar-refractivity contribution in [3.8, 4) is 0 Å². The highest BCUT2D eigenvalue weighted by molar-refractivity contribution is 5.79. The fraction of sp³-hybridized carbons (Fsp3) is 0.933. The van der Waals surface area contributed by atoms with Crippen LogP contribution in [0.3, 0.4) is 0 Å². The Labute approximate surface area is 126 Å². The van der Waals surface area contributed by atoms with E-state index in [2.05, 4.69) is 10.2 Å². The summed E-state index contributed by atoms with van der Waals surface area (Å²) in [6.07, 6.45) is 2.38. The Kier molecular flexibility index (Phi) is 5.24. The lowest BCUT2D eigenvalue weighted by Gasteiger charge is -2.30. The van der Waals surface area contributed by atoms with Crippen LogP contribution in [0.15, 0.2) is 0 Å². The van der Waals surface area contributed by atoms with E-state index in [4.69, 9.17) is 9.47 Å². The lowest BCUT2D eigenvalue weighted by atomic mass is 9.96. The number of rotatable bonds is 6. The van der Waals surface area contributed by atoms with Crippen molar-refractivity contribution in [1.82, 2.24) is 10.2 Å². The second kappa shape index (κ2) is 6.60. The molecule has 0 spiro atoms. The number of ether oxygens (including phenoxy) is 2. The number of carboxylic acids is 1. The second-order valence-corrected chi connectivity index (χ2v) is 6.59. The molecular weight excluding hydrogens is 272 g/mol. The minimum absolute atomic E-state index is 0.0767. The predicted molar refractivity (Wildman–Crippen MR) is 79.4 cm³/mol. The summed E-state index contributed by atoms with van der Waals surface area (Å²) in [6, 6.07) is 0.446. The molecule has 6 nitrogen and oxygen atoms in total. The number of aliphatic carboxylic acids is 1. The molecule has 0 aromatic carbocycles.